The number of hydrogen-bond donors (Lipinski definition) is 3. The normalized spacial score (nSPS) is 20.4. The third kappa shape index (κ3) is 2.59. The van der Waals surface area contributed by atoms with E-state index in [-0.39, 0.29) is 11.9 Å². The van der Waals surface area contributed by atoms with Gasteiger partial charge in [-0.1, -0.05) is 0 Å². The summed E-state index contributed by atoms with van der Waals surface area (Å²) in [5.41, 5.74) is 2.24. The van der Waals surface area contributed by atoms with Gasteiger partial charge in [-0.15, -0.1) is 0 Å². The fraction of sp³-hybridized carbons (Fsp3) is 0.467. The molecule has 0 unspecified atom stereocenters. The van der Waals surface area contributed by atoms with Crippen LogP contribution in [0.25, 0.3) is 5.57 Å². The highest BCUT2D eigenvalue weighted by molar-refractivity contribution is 6.28. The Morgan fingerprint density at radius 2 is 2.00 bits per heavy atom. The number of rotatable bonds is 3. The van der Waals surface area contributed by atoms with E-state index < -0.39 is 0 Å². The summed E-state index contributed by atoms with van der Waals surface area (Å²) in [7, 11) is 0. The van der Waals surface area contributed by atoms with Crippen LogP contribution < -0.4 is 10.1 Å². The summed E-state index contributed by atoms with van der Waals surface area (Å²) in [5, 5.41) is 19.2. The van der Waals surface area contributed by atoms with Crippen molar-refractivity contribution in [3.05, 3.63) is 17.6 Å². The number of ether oxygens (including phenoxy) is 2. The molecule has 2 aliphatic heterocycles. The summed E-state index contributed by atoms with van der Waals surface area (Å²) in [6, 6.07) is 0.282. The van der Waals surface area contributed by atoms with Gasteiger partial charge in [0, 0.05) is 25.0 Å². The third-order valence-corrected chi connectivity index (χ3v) is 3.97. The van der Waals surface area contributed by atoms with Crippen LogP contribution in [-0.2, 0) is 4.74 Å². The molecule has 7 heteroatoms. The molecule has 116 valence electrons. The number of nitrogens with zero attached hydrogens (tertiary/aromatic N) is 2. The van der Waals surface area contributed by atoms with Gasteiger partial charge < -0.3 is 20.2 Å². The summed E-state index contributed by atoms with van der Waals surface area (Å²) in [5.74, 6) is 1.11. The molecule has 3 rings (SSSR count). The van der Waals surface area contributed by atoms with Gasteiger partial charge >= 0.3 is 0 Å². The van der Waals surface area contributed by atoms with Crippen molar-refractivity contribution in [1.29, 1.82) is 10.8 Å². The molecule has 0 saturated carbocycles. The van der Waals surface area contributed by atoms with Crippen LogP contribution in [0.2, 0.25) is 0 Å². The summed E-state index contributed by atoms with van der Waals surface area (Å²) in [6.45, 7) is 4.96. The van der Waals surface area contributed by atoms with Crippen LogP contribution in [0.3, 0.4) is 0 Å². The molecule has 0 amide bonds. The van der Waals surface area contributed by atoms with Crippen molar-refractivity contribution >= 4 is 23.0 Å². The second-order valence-electron chi connectivity index (χ2n) is 5.49. The van der Waals surface area contributed by atoms with Crippen molar-refractivity contribution in [2.75, 3.05) is 18.5 Å². The topological polar surface area (TPSA) is 104 Å². The Kier molecular flexibility index (Phi) is 3.89. The van der Waals surface area contributed by atoms with Crippen molar-refractivity contribution in [3.8, 4) is 5.75 Å². The minimum Gasteiger partial charge on any atom is -0.433 e. The predicted octanol–water partition coefficient (Wildman–Crippen LogP) is 2.25. The molecular formula is C15H19N5O2. The Hall–Kier alpha value is -2.28. The zero-order valence-corrected chi connectivity index (χ0v) is 12.7. The molecule has 1 fully saturated rings. The third-order valence-electron chi connectivity index (χ3n) is 3.97. The van der Waals surface area contributed by atoms with E-state index in [0.29, 0.717) is 34.1 Å². The molecular weight excluding hydrogens is 282 g/mol. The SMILES string of the molecule is CC(=N)/C(C)=C1\C(=N)Oc2c(NC3CCOCC3)ncnc21. The van der Waals surface area contributed by atoms with Crippen LogP contribution in [0.4, 0.5) is 5.82 Å². The van der Waals surface area contributed by atoms with Gasteiger partial charge in [-0.2, -0.15) is 0 Å². The average Bonchev–Trinajstić information content (AvgIpc) is 2.84. The minimum atomic E-state index is 0.0228. The van der Waals surface area contributed by atoms with E-state index in [1.54, 1.807) is 13.8 Å². The molecule has 0 radical (unpaired) electrons. The lowest BCUT2D eigenvalue weighted by atomic mass is 10.0. The largest absolute Gasteiger partial charge is 0.433 e. The molecule has 7 nitrogen and oxygen atoms in total. The first-order chi connectivity index (χ1) is 10.6. The minimum absolute atomic E-state index is 0.0228. The Morgan fingerprint density at radius 1 is 1.27 bits per heavy atom. The van der Waals surface area contributed by atoms with Gasteiger partial charge in [0.05, 0.1) is 5.57 Å². The summed E-state index contributed by atoms with van der Waals surface area (Å²) in [6.07, 6.45) is 3.30. The number of hydrogen-bond acceptors (Lipinski definition) is 7. The maximum Gasteiger partial charge on any atom is 0.222 e. The van der Waals surface area contributed by atoms with E-state index in [1.165, 1.54) is 6.33 Å². The van der Waals surface area contributed by atoms with Crippen molar-refractivity contribution in [1.82, 2.24) is 9.97 Å². The highest BCUT2D eigenvalue weighted by Crippen LogP contribution is 2.39. The van der Waals surface area contributed by atoms with Gasteiger partial charge in [0.25, 0.3) is 0 Å². The number of allylic oxidation sites excluding steroid dienone is 1. The van der Waals surface area contributed by atoms with Crippen LogP contribution in [-0.4, -0.2) is 40.8 Å². The number of anilines is 1. The molecule has 3 heterocycles. The van der Waals surface area contributed by atoms with E-state index in [1.807, 2.05) is 0 Å². The molecule has 0 spiro atoms. The van der Waals surface area contributed by atoms with Crippen LogP contribution in [0.1, 0.15) is 32.4 Å². The van der Waals surface area contributed by atoms with Gasteiger partial charge in [-0.05, 0) is 32.3 Å². The zero-order chi connectivity index (χ0) is 15.7. The van der Waals surface area contributed by atoms with Crippen LogP contribution in [0, 0.1) is 10.8 Å². The number of nitrogens with one attached hydrogen (secondary N) is 3. The first-order valence-electron chi connectivity index (χ1n) is 7.30. The van der Waals surface area contributed by atoms with E-state index in [0.717, 1.165) is 26.1 Å². The lowest BCUT2D eigenvalue weighted by Crippen LogP contribution is -2.28. The molecule has 0 atom stereocenters. The van der Waals surface area contributed by atoms with Gasteiger partial charge in [0.1, 0.15) is 12.0 Å². The Labute approximate surface area is 128 Å². The average molecular weight is 301 g/mol. The van der Waals surface area contributed by atoms with Gasteiger partial charge in [0.2, 0.25) is 5.90 Å². The smallest absolute Gasteiger partial charge is 0.222 e. The standard InChI is InChI=1S/C15H19N5O2/c1-8(9(2)16)11-12-13(22-14(11)17)15(19-7-18-12)20-10-3-5-21-6-4-10/h7,10,16-17H,3-6H2,1-2H3,(H,18,19,20)/b11-8-,16-9?,17-14?. The van der Waals surface area contributed by atoms with E-state index in [9.17, 15) is 0 Å². The highest BCUT2D eigenvalue weighted by Gasteiger charge is 2.31. The highest BCUT2D eigenvalue weighted by atomic mass is 16.5. The van der Waals surface area contributed by atoms with E-state index in [2.05, 4.69) is 15.3 Å². The monoisotopic (exact) mass is 301 g/mol. The summed E-state index contributed by atoms with van der Waals surface area (Å²) in [4.78, 5) is 8.51. The van der Waals surface area contributed by atoms with Crippen molar-refractivity contribution in [2.24, 2.45) is 0 Å². The van der Waals surface area contributed by atoms with Crippen LogP contribution in [0.15, 0.2) is 11.9 Å². The van der Waals surface area contributed by atoms with Crippen LogP contribution >= 0.6 is 0 Å². The molecule has 0 aromatic carbocycles. The fourth-order valence-electron chi connectivity index (χ4n) is 2.58. The second kappa shape index (κ2) is 5.84. The van der Waals surface area contributed by atoms with Crippen LogP contribution in [0.5, 0.6) is 5.75 Å². The maximum atomic E-state index is 8.04. The number of aromatic nitrogens is 2. The molecule has 1 aromatic rings. The Balaban J connectivity index is 1.96. The van der Waals surface area contributed by atoms with E-state index >= 15 is 0 Å². The fourth-order valence-corrected chi connectivity index (χ4v) is 2.58. The molecule has 3 N–H and O–H groups in total. The second-order valence-corrected chi connectivity index (χ2v) is 5.49. The first-order valence-corrected chi connectivity index (χ1v) is 7.30. The first kappa shape index (κ1) is 14.6. The zero-order valence-electron chi connectivity index (χ0n) is 12.7. The number of fused-ring (bicyclic) bond motifs is 1. The lowest BCUT2D eigenvalue weighted by molar-refractivity contribution is 0.0903. The lowest BCUT2D eigenvalue weighted by Gasteiger charge is -2.23. The molecule has 1 saturated heterocycles. The quantitative estimate of drug-likeness (QED) is 0.743. The predicted molar refractivity (Wildman–Crippen MR) is 83.8 cm³/mol. The van der Waals surface area contributed by atoms with Crippen molar-refractivity contribution in [3.63, 3.8) is 0 Å². The Bertz CT molecular complexity index is 662. The molecule has 0 aliphatic carbocycles. The molecule has 2 aliphatic rings. The van der Waals surface area contributed by atoms with Gasteiger partial charge in [-0.3, -0.25) is 5.41 Å². The summed E-state index contributed by atoms with van der Waals surface area (Å²) >= 11 is 0. The molecule has 1 aromatic heterocycles. The Morgan fingerprint density at radius 3 is 2.68 bits per heavy atom. The maximum absolute atomic E-state index is 8.04. The van der Waals surface area contributed by atoms with Gasteiger partial charge in [-0.25, -0.2) is 9.97 Å². The molecule has 22 heavy (non-hydrogen) atoms. The summed E-state index contributed by atoms with van der Waals surface area (Å²) < 4.78 is 10.9. The van der Waals surface area contributed by atoms with Gasteiger partial charge in [0.15, 0.2) is 11.6 Å². The van der Waals surface area contributed by atoms with Crippen molar-refractivity contribution in [2.45, 2.75) is 32.7 Å². The van der Waals surface area contributed by atoms with Crippen molar-refractivity contribution < 1.29 is 9.47 Å². The van der Waals surface area contributed by atoms with E-state index in [4.69, 9.17) is 20.3 Å². The molecule has 0 bridgehead atoms.